The van der Waals surface area contributed by atoms with Gasteiger partial charge in [0.1, 0.15) is 0 Å². The highest BCUT2D eigenvalue weighted by molar-refractivity contribution is 7.91. The maximum absolute atomic E-state index is 12.8. The topological polar surface area (TPSA) is 89.7 Å². The number of hydrogen-bond donors (Lipinski definition) is 1. The summed E-state index contributed by atoms with van der Waals surface area (Å²) in [7, 11) is -1.41. The number of ether oxygens (including phenoxy) is 1. The molecule has 0 radical (unpaired) electrons. The van der Waals surface area contributed by atoms with Gasteiger partial charge in [0, 0.05) is 25.6 Å². The highest BCUT2D eigenvalue weighted by Crippen LogP contribution is 2.33. The van der Waals surface area contributed by atoms with Gasteiger partial charge >= 0.3 is 0 Å². The van der Waals surface area contributed by atoms with Gasteiger partial charge in [-0.15, -0.1) is 0 Å². The average molecular weight is 318 g/mol. The van der Waals surface area contributed by atoms with Crippen molar-refractivity contribution in [2.45, 2.75) is 31.7 Å². The number of nitrogens with zero attached hydrogens (tertiary/aromatic N) is 1. The molecule has 3 unspecified atom stereocenters. The summed E-state index contributed by atoms with van der Waals surface area (Å²) in [5.74, 6) is 0.528. The number of carbonyl (C=O) groups excluding carboxylic acids is 1. The summed E-state index contributed by atoms with van der Waals surface area (Å²) < 4.78 is 28.5. The van der Waals surface area contributed by atoms with Gasteiger partial charge in [-0.3, -0.25) is 4.79 Å². The second-order valence-corrected chi connectivity index (χ2v) is 8.34. The molecule has 2 fully saturated rings. The number of sulfone groups is 1. The second-order valence-electron chi connectivity index (χ2n) is 6.11. The molecule has 2 aliphatic rings. The first-order chi connectivity index (χ1) is 9.98. The standard InChI is InChI=1S/C14H26N2O4S/c1-20-7-6-16(12-5-8-21(18,19)10-12)14(17)13-4-2-3-11(13)9-15/h11-13H,2-10,15H2,1H3. The summed E-state index contributed by atoms with van der Waals surface area (Å²) in [6, 6.07) is -0.198. The highest BCUT2D eigenvalue weighted by Gasteiger charge is 2.40. The van der Waals surface area contributed by atoms with Gasteiger partial charge in [0.25, 0.3) is 0 Å². The molecule has 1 heterocycles. The molecule has 1 saturated carbocycles. The molecule has 21 heavy (non-hydrogen) atoms. The summed E-state index contributed by atoms with van der Waals surface area (Å²) in [5.41, 5.74) is 5.77. The van der Waals surface area contributed by atoms with E-state index in [1.165, 1.54) is 0 Å². The van der Waals surface area contributed by atoms with Gasteiger partial charge in [-0.2, -0.15) is 0 Å². The van der Waals surface area contributed by atoms with E-state index >= 15 is 0 Å². The summed E-state index contributed by atoms with van der Waals surface area (Å²) in [6.07, 6.45) is 3.43. The van der Waals surface area contributed by atoms with E-state index in [2.05, 4.69) is 0 Å². The van der Waals surface area contributed by atoms with Crippen molar-refractivity contribution < 1.29 is 17.9 Å². The van der Waals surface area contributed by atoms with Gasteiger partial charge in [0.2, 0.25) is 5.91 Å². The normalized spacial score (nSPS) is 31.4. The molecule has 2 N–H and O–H groups in total. The molecule has 0 aromatic heterocycles. The molecule has 0 aromatic carbocycles. The summed E-state index contributed by atoms with van der Waals surface area (Å²) in [6.45, 7) is 1.42. The largest absolute Gasteiger partial charge is 0.383 e. The molecule has 6 nitrogen and oxygen atoms in total. The number of methoxy groups -OCH3 is 1. The molecular weight excluding hydrogens is 292 g/mol. The quantitative estimate of drug-likeness (QED) is 0.746. The van der Waals surface area contributed by atoms with Crippen LogP contribution in [-0.2, 0) is 19.4 Å². The maximum atomic E-state index is 12.8. The highest BCUT2D eigenvalue weighted by atomic mass is 32.2. The van der Waals surface area contributed by atoms with Gasteiger partial charge in [-0.25, -0.2) is 8.42 Å². The van der Waals surface area contributed by atoms with E-state index in [-0.39, 0.29) is 35.3 Å². The zero-order valence-corrected chi connectivity index (χ0v) is 13.5. The number of carbonyl (C=O) groups is 1. The van der Waals surface area contributed by atoms with Crippen LogP contribution in [-0.4, -0.2) is 63.6 Å². The van der Waals surface area contributed by atoms with Crippen molar-refractivity contribution in [3.8, 4) is 0 Å². The molecule has 122 valence electrons. The third-order valence-corrected chi connectivity index (χ3v) is 6.50. The Morgan fingerprint density at radius 3 is 2.67 bits per heavy atom. The third-order valence-electron chi connectivity index (χ3n) is 4.75. The lowest BCUT2D eigenvalue weighted by Gasteiger charge is -2.32. The van der Waals surface area contributed by atoms with E-state index < -0.39 is 9.84 Å². The molecule has 1 amide bonds. The van der Waals surface area contributed by atoms with E-state index in [1.807, 2.05) is 0 Å². The lowest BCUT2D eigenvalue weighted by molar-refractivity contribution is -0.139. The molecule has 0 bridgehead atoms. The van der Waals surface area contributed by atoms with Crippen LogP contribution in [0.4, 0.5) is 0 Å². The second kappa shape index (κ2) is 7.07. The first kappa shape index (κ1) is 16.7. The van der Waals surface area contributed by atoms with Crippen LogP contribution in [0.1, 0.15) is 25.7 Å². The van der Waals surface area contributed by atoms with E-state index in [1.54, 1.807) is 12.0 Å². The van der Waals surface area contributed by atoms with Crippen LogP contribution in [0.3, 0.4) is 0 Å². The number of amides is 1. The van der Waals surface area contributed by atoms with Crippen molar-refractivity contribution in [1.82, 2.24) is 4.90 Å². The van der Waals surface area contributed by atoms with Crippen LogP contribution in [0.5, 0.6) is 0 Å². The molecule has 2 rings (SSSR count). The predicted octanol–water partition coefficient (Wildman–Crippen LogP) is 0.0235. The van der Waals surface area contributed by atoms with Crippen molar-refractivity contribution in [3.05, 3.63) is 0 Å². The summed E-state index contributed by atoms with van der Waals surface area (Å²) in [4.78, 5) is 14.6. The van der Waals surface area contributed by atoms with Crippen molar-refractivity contribution in [2.75, 3.05) is 38.3 Å². The van der Waals surface area contributed by atoms with E-state index in [4.69, 9.17) is 10.5 Å². The number of nitrogens with two attached hydrogens (primary N) is 1. The zero-order chi connectivity index (χ0) is 15.5. The van der Waals surface area contributed by atoms with Gasteiger partial charge in [-0.1, -0.05) is 6.42 Å². The minimum Gasteiger partial charge on any atom is -0.383 e. The number of hydrogen-bond acceptors (Lipinski definition) is 5. The fraction of sp³-hybridized carbons (Fsp3) is 0.929. The molecular formula is C14H26N2O4S. The lowest BCUT2D eigenvalue weighted by Crippen LogP contribution is -2.47. The molecule has 1 aliphatic carbocycles. The van der Waals surface area contributed by atoms with Crippen LogP contribution < -0.4 is 5.73 Å². The third kappa shape index (κ3) is 3.96. The van der Waals surface area contributed by atoms with Crippen molar-refractivity contribution >= 4 is 15.7 Å². The van der Waals surface area contributed by atoms with Gasteiger partial charge < -0.3 is 15.4 Å². The van der Waals surface area contributed by atoms with Crippen molar-refractivity contribution in [1.29, 1.82) is 0 Å². The maximum Gasteiger partial charge on any atom is 0.226 e. The SMILES string of the molecule is COCCN(C(=O)C1CCCC1CN)C1CCS(=O)(=O)C1. The van der Waals surface area contributed by atoms with E-state index in [0.29, 0.717) is 26.1 Å². The minimum atomic E-state index is -3.00. The first-order valence-electron chi connectivity index (χ1n) is 7.68. The summed E-state index contributed by atoms with van der Waals surface area (Å²) in [5, 5.41) is 0. The fourth-order valence-corrected chi connectivity index (χ4v) is 5.27. The van der Waals surface area contributed by atoms with Gasteiger partial charge in [0.15, 0.2) is 9.84 Å². The van der Waals surface area contributed by atoms with Gasteiger partial charge in [0.05, 0.1) is 18.1 Å². The predicted molar refractivity (Wildman–Crippen MR) is 80.5 cm³/mol. The van der Waals surface area contributed by atoms with Crippen LogP contribution in [0, 0.1) is 11.8 Å². The molecule has 3 atom stereocenters. The molecule has 0 aromatic rings. The number of rotatable bonds is 6. The Hall–Kier alpha value is -0.660. The fourth-order valence-electron chi connectivity index (χ4n) is 3.54. The smallest absolute Gasteiger partial charge is 0.226 e. The first-order valence-corrected chi connectivity index (χ1v) is 9.50. The Morgan fingerprint density at radius 1 is 1.33 bits per heavy atom. The Morgan fingerprint density at radius 2 is 2.10 bits per heavy atom. The van der Waals surface area contributed by atoms with Crippen LogP contribution in [0.15, 0.2) is 0 Å². The minimum absolute atomic E-state index is 0.0461. The van der Waals surface area contributed by atoms with Crippen LogP contribution in [0.25, 0.3) is 0 Å². The Bertz CT molecular complexity index is 466. The molecule has 0 spiro atoms. The molecule has 7 heteroatoms. The van der Waals surface area contributed by atoms with Crippen LogP contribution >= 0.6 is 0 Å². The Labute approximate surface area is 126 Å². The van der Waals surface area contributed by atoms with Crippen molar-refractivity contribution in [3.63, 3.8) is 0 Å². The zero-order valence-electron chi connectivity index (χ0n) is 12.7. The van der Waals surface area contributed by atoms with E-state index in [0.717, 1.165) is 19.3 Å². The van der Waals surface area contributed by atoms with E-state index in [9.17, 15) is 13.2 Å². The van der Waals surface area contributed by atoms with Gasteiger partial charge in [-0.05, 0) is 31.7 Å². The monoisotopic (exact) mass is 318 g/mol. The Balaban J connectivity index is 2.10. The summed E-state index contributed by atoms with van der Waals surface area (Å²) >= 11 is 0. The van der Waals surface area contributed by atoms with Crippen molar-refractivity contribution in [2.24, 2.45) is 17.6 Å². The Kier molecular flexibility index (Phi) is 5.62. The molecule has 1 aliphatic heterocycles. The van der Waals surface area contributed by atoms with Crippen LogP contribution in [0.2, 0.25) is 0 Å². The average Bonchev–Trinajstić information content (AvgIpc) is 3.05. The lowest BCUT2D eigenvalue weighted by atomic mass is 9.94. The molecule has 1 saturated heterocycles.